The van der Waals surface area contributed by atoms with Crippen LogP contribution < -0.4 is 4.74 Å². The molecule has 0 spiro atoms. The molecule has 6 nitrogen and oxygen atoms in total. The Morgan fingerprint density at radius 2 is 1.77 bits per heavy atom. The number of hydrogen-bond acceptors (Lipinski definition) is 5. The minimum Gasteiger partial charge on any atom is -0.493 e. The number of aliphatic carboxylic acids is 1. The van der Waals surface area contributed by atoms with Crippen molar-refractivity contribution in [2.24, 2.45) is 0 Å². The first-order chi connectivity index (χ1) is 15.2. The Labute approximate surface area is 183 Å². The summed E-state index contributed by atoms with van der Waals surface area (Å²) in [5, 5.41) is 10.6. The van der Waals surface area contributed by atoms with Gasteiger partial charge >= 0.3 is 5.97 Å². The van der Waals surface area contributed by atoms with Crippen molar-refractivity contribution in [3.63, 3.8) is 0 Å². The van der Waals surface area contributed by atoms with Gasteiger partial charge in [-0.05, 0) is 43.0 Å². The molecule has 1 aromatic heterocycles. The van der Waals surface area contributed by atoms with Gasteiger partial charge in [0.05, 0.1) is 26.5 Å². The molecule has 0 bridgehead atoms. The number of para-hydroxylation sites is 1. The predicted molar refractivity (Wildman–Crippen MR) is 118 cm³/mol. The molecule has 1 N–H and O–H groups in total. The highest BCUT2D eigenvalue weighted by Crippen LogP contribution is 2.23. The molecule has 0 aliphatic heterocycles. The van der Waals surface area contributed by atoms with Gasteiger partial charge in [0, 0.05) is 24.1 Å². The zero-order chi connectivity index (χ0) is 21.9. The van der Waals surface area contributed by atoms with Crippen molar-refractivity contribution in [3.05, 3.63) is 78.1 Å². The lowest BCUT2D eigenvalue weighted by molar-refractivity contribution is -0.147. The summed E-state index contributed by atoms with van der Waals surface area (Å²) in [6, 6.07) is 20.0. The van der Waals surface area contributed by atoms with E-state index < -0.39 is 5.97 Å². The summed E-state index contributed by atoms with van der Waals surface area (Å²) in [6.45, 7) is 1.79. The topological polar surface area (TPSA) is 72.1 Å². The number of unbranched alkanes of at least 4 members (excludes halogenated alkanes) is 2. The number of benzene rings is 2. The van der Waals surface area contributed by atoms with Crippen LogP contribution in [0.5, 0.6) is 5.75 Å². The van der Waals surface area contributed by atoms with E-state index in [0.717, 1.165) is 41.0 Å². The van der Waals surface area contributed by atoms with Crippen LogP contribution in [0.25, 0.3) is 11.3 Å². The van der Waals surface area contributed by atoms with Crippen LogP contribution >= 0.6 is 0 Å². The van der Waals surface area contributed by atoms with E-state index in [1.54, 1.807) is 13.4 Å². The largest absolute Gasteiger partial charge is 0.493 e. The Morgan fingerprint density at radius 1 is 0.968 bits per heavy atom. The van der Waals surface area contributed by atoms with E-state index in [1.807, 2.05) is 53.6 Å². The van der Waals surface area contributed by atoms with E-state index in [9.17, 15) is 4.79 Å². The number of furan rings is 1. The summed E-state index contributed by atoms with van der Waals surface area (Å²) in [6.07, 6.45) is 4.23. The van der Waals surface area contributed by atoms with Crippen LogP contribution in [-0.4, -0.2) is 29.9 Å². The number of carboxylic acids is 1. The Bertz CT molecular complexity index is 921. The summed E-state index contributed by atoms with van der Waals surface area (Å²) < 4.78 is 11.4. The Balaban J connectivity index is 1.53. The molecule has 1 heterocycles. The first kappa shape index (κ1) is 22.6. The van der Waals surface area contributed by atoms with Gasteiger partial charge in [-0.15, -0.1) is 0 Å². The van der Waals surface area contributed by atoms with Crippen LogP contribution in [-0.2, 0) is 22.7 Å². The molecule has 0 fully saturated rings. The van der Waals surface area contributed by atoms with Gasteiger partial charge in [-0.2, -0.15) is 5.06 Å². The molecule has 6 heteroatoms. The molecule has 0 aliphatic carbocycles. The first-order valence-corrected chi connectivity index (χ1v) is 10.5. The fraction of sp³-hybridized carbons (Fsp3) is 0.320. The second-order valence-electron chi connectivity index (χ2n) is 7.32. The predicted octanol–water partition coefficient (Wildman–Crippen LogP) is 5.53. The highest BCUT2D eigenvalue weighted by molar-refractivity contribution is 5.66. The van der Waals surface area contributed by atoms with Crippen LogP contribution in [0.3, 0.4) is 0 Å². The normalized spacial score (nSPS) is 11.0. The lowest BCUT2D eigenvalue weighted by atomic mass is 10.1. The third kappa shape index (κ3) is 7.27. The number of hydrogen-bond donors (Lipinski definition) is 1. The molecule has 31 heavy (non-hydrogen) atoms. The number of carboxylic acid groups (broad SMARTS) is 1. The number of carbonyl (C=O) groups is 1. The van der Waals surface area contributed by atoms with Crippen molar-refractivity contribution in [2.75, 3.05) is 13.7 Å². The zero-order valence-corrected chi connectivity index (χ0v) is 17.8. The maximum atomic E-state index is 10.6. The Morgan fingerprint density at radius 3 is 2.48 bits per heavy atom. The summed E-state index contributed by atoms with van der Waals surface area (Å²) >= 11 is 0. The monoisotopic (exact) mass is 423 g/mol. The van der Waals surface area contributed by atoms with Gasteiger partial charge in [0.15, 0.2) is 0 Å². The Kier molecular flexibility index (Phi) is 8.70. The van der Waals surface area contributed by atoms with Crippen molar-refractivity contribution in [1.29, 1.82) is 0 Å². The van der Waals surface area contributed by atoms with Gasteiger partial charge in [-0.3, -0.25) is 4.79 Å². The van der Waals surface area contributed by atoms with Gasteiger partial charge in [-0.1, -0.05) is 42.5 Å². The van der Waals surface area contributed by atoms with Crippen molar-refractivity contribution >= 4 is 5.97 Å². The molecule has 3 aromatic rings. The molecular formula is C25H29NO5. The molecule has 3 rings (SSSR count). The van der Waals surface area contributed by atoms with Crippen molar-refractivity contribution in [3.8, 4) is 17.1 Å². The third-order valence-corrected chi connectivity index (χ3v) is 4.99. The molecule has 2 aromatic carbocycles. The summed E-state index contributed by atoms with van der Waals surface area (Å²) in [5.74, 6) is 0.932. The second-order valence-corrected chi connectivity index (χ2v) is 7.32. The molecule has 0 atom stereocenters. The summed E-state index contributed by atoms with van der Waals surface area (Å²) in [4.78, 5) is 16.2. The van der Waals surface area contributed by atoms with Gasteiger partial charge in [0.1, 0.15) is 11.5 Å². The molecule has 0 radical (unpaired) electrons. The minimum atomic E-state index is -0.749. The second kappa shape index (κ2) is 11.9. The van der Waals surface area contributed by atoms with E-state index in [0.29, 0.717) is 26.1 Å². The fourth-order valence-corrected chi connectivity index (χ4v) is 3.31. The maximum absolute atomic E-state index is 10.6. The van der Waals surface area contributed by atoms with Crippen LogP contribution in [0, 0.1) is 0 Å². The van der Waals surface area contributed by atoms with Gasteiger partial charge in [-0.25, -0.2) is 0 Å². The van der Waals surface area contributed by atoms with E-state index in [2.05, 4.69) is 12.1 Å². The lowest BCUT2D eigenvalue weighted by Gasteiger charge is -2.21. The average molecular weight is 424 g/mol. The maximum Gasteiger partial charge on any atom is 0.303 e. The number of ether oxygens (including phenoxy) is 1. The van der Waals surface area contributed by atoms with Crippen molar-refractivity contribution in [2.45, 2.75) is 38.8 Å². The van der Waals surface area contributed by atoms with Crippen LogP contribution in [0.1, 0.15) is 36.8 Å². The molecule has 0 saturated carbocycles. The standard InChI is InChI=1S/C25H29NO5/c1-29-26(18-20-12-14-21(15-13-20)23-10-7-17-31-23)19-22-8-4-5-9-24(22)30-16-6-2-3-11-25(27)28/h4-5,7-10,12-15,17H,2-3,6,11,16,18-19H2,1H3,(H,27,28). The molecule has 0 saturated heterocycles. The number of rotatable bonds is 13. The SMILES string of the molecule is CON(Cc1ccc(-c2ccco2)cc1)Cc1ccccc1OCCCCCC(=O)O. The lowest BCUT2D eigenvalue weighted by Crippen LogP contribution is -2.21. The van der Waals surface area contributed by atoms with Gasteiger partial charge in [0.25, 0.3) is 0 Å². The summed E-state index contributed by atoms with van der Waals surface area (Å²) in [7, 11) is 1.67. The highest BCUT2D eigenvalue weighted by Gasteiger charge is 2.11. The van der Waals surface area contributed by atoms with Crippen LogP contribution in [0.2, 0.25) is 0 Å². The third-order valence-electron chi connectivity index (χ3n) is 4.99. The molecule has 0 aliphatic rings. The molecule has 0 amide bonds. The zero-order valence-electron chi connectivity index (χ0n) is 17.8. The van der Waals surface area contributed by atoms with Crippen LogP contribution in [0.15, 0.2) is 71.3 Å². The minimum absolute atomic E-state index is 0.210. The van der Waals surface area contributed by atoms with Crippen molar-refractivity contribution < 1.29 is 23.9 Å². The van der Waals surface area contributed by atoms with Gasteiger partial charge in [0.2, 0.25) is 0 Å². The molecule has 164 valence electrons. The van der Waals surface area contributed by atoms with Gasteiger partial charge < -0.3 is 19.1 Å². The van der Waals surface area contributed by atoms with E-state index in [1.165, 1.54) is 0 Å². The average Bonchev–Trinajstić information content (AvgIpc) is 3.32. The smallest absolute Gasteiger partial charge is 0.303 e. The highest BCUT2D eigenvalue weighted by atomic mass is 16.7. The first-order valence-electron chi connectivity index (χ1n) is 10.5. The number of nitrogens with zero attached hydrogens (tertiary/aromatic N) is 1. The van der Waals surface area contributed by atoms with E-state index in [4.69, 9.17) is 19.1 Å². The van der Waals surface area contributed by atoms with Crippen molar-refractivity contribution in [1.82, 2.24) is 5.06 Å². The Hall–Kier alpha value is -3.09. The summed E-state index contributed by atoms with van der Waals surface area (Å²) in [5.41, 5.74) is 3.22. The fourth-order valence-electron chi connectivity index (χ4n) is 3.31. The molecule has 0 unspecified atom stereocenters. The molecular weight excluding hydrogens is 394 g/mol. The van der Waals surface area contributed by atoms with E-state index >= 15 is 0 Å². The van der Waals surface area contributed by atoms with E-state index in [-0.39, 0.29) is 6.42 Å². The number of hydroxylamine groups is 2. The van der Waals surface area contributed by atoms with Crippen LogP contribution in [0.4, 0.5) is 0 Å². The quantitative estimate of drug-likeness (QED) is 0.288.